The highest BCUT2D eigenvalue weighted by Crippen LogP contribution is 2.22. The Kier molecular flexibility index (Phi) is 2.95. The highest BCUT2D eigenvalue weighted by Gasteiger charge is 2.16. The molecule has 1 heterocycles. The molecule has 88 valence electrons. The van der Waals surface area contributed by atoms with Crippen molar-refractivity contribution in [2.45, 2.75) is 19.9 Å². The predicted molar refractivity (Wildman–Crippen MR) is 64.7 cm³/mol. The molecule has 0 saturated carbocycles. The summed E-state index contributed by atoms with van der Waals surface area (Å²) in [6.45, 7) is 3.55. The standard InChI is InChI=1S/C13H14N2O2/c1-9-8-15(10(2)13(16)17)14-12(9)11-6-4-3-5-7-11/h3-8,10H,1-2H3,(H,16,17). The van der Waals surface area contributed by atoms with Gasteiger partial charge in [-0.05, 0) is 19.4 Å². The van der Waals surface area contributed by atoms with Gasteiger partial charge in [-0.3, -0.25) is 4.68 Å². The first-order valence-electron chi connectivity index (χ1n) is 5.43. The Bertz CT molecular complexity index is 532. The number of hydrogen-bond acceptors (Lipinski definition) is 2. The molecule has 0 amide bonds. The average Bonchev–Trinajstić information content (AvgIpc) is 2.71. The van der Waals surface area contributed by atoms with E-state index in [2.05, 4.69) is 5.10 Å². The van der Waals surface area contributed by atoms with Gasteiger partial charge in [-0.2, -0.15) is 5.10 Å². The van der Waals surface area contributed by atoms with Crippen LogP contribution in [-0.4, -0.2) is 20.9 Å². The summed E-state index contributed by atoms with van der Waals surface area (Å²) in [5.74, 6) is -0.882. The molecule has 0 aliphatic heterocycles. The number of carboxylic acid groups (broad SMARTS) is 1. The highest BCUT2D eigenvalue weighted by molar-refractivity contribution is 5.71. The van der Waals surface area contributed by atoms with Crippen molar-refractivity contribution in [2.24, 2.45) is 0 Å². The van der Waals surface area contributed by atoms with Gasteiger partial charge in [-0.15, -0.1) is 0 Å². The second-order valence-electron chi connectivity index (χ2n) is 4.02. The van der Waals surface area contributed by atoms with Gasteiger partial charge in [0.15, 0.2) is 0 Å². The van der Waals surface area contributed by atoms with Crippen molar-refractivity contribution in [3.8, 4) is 11.3 Å². The maximum absolute atomic E-state index is 10.9. The van der Waals surface area contributed by atoms with E-state index in [0.717, 1.165) is 16.8 Å². The normalized spacial score (nSPS) is 12.4. The van der Waals surface area contributed by atoms with E-state index >= 15 is 0 Å². The largest absolute Gasteiger partial charge is 0.480 e. The topological polar surface area (TPSA) is 55.1 Å². The van der Waals surface area contributed by atoms with Gasteiger partial charge in [0.2, 0.25) is 0 Å². The SMILES string of the molecule is Cc1cn(C(C)C(=O)O)nc1-c1ccccc1. The molecule has 1 unspecified atom stereocenters. The van der Waals surface area contributed by atoms with Crippen molar-refractivity contribution in [1.29, 1.82) is 0 Å². The van der Waals surface area contributed by atoms with Gasteiger partial charge >= 0.3 is 5.97 Å². The van der Waals surface area contributed by atoms with E-state index in [1.54, 1.807) is 13.1 Å². The molecule has 1 aromatic heterocycles. The van der Waals surface area contributed by atoms with Crippen LogP contribution in [0.5, 0.6) is 0 Å². The molecule has 0 bridgehead atoms. The molecule has 2 aromatic rings. The lowest BCUT2D eigenvalue weighted by molar-refractivity contribution is -0.140. The summed E-state index contributed by atoms with van der Waals surface area (Å²) >= 11 is 0. The lowest BCUT2D eigenvalue weighted by Crippen LogP contribution is -2.15. The van der Waals surface area contributed by atoms with Gasteiger partial charge < -0.3 is 5.11 Å². The fourth-order valence-corrected chi connectivity index (χ4v) is 1.68. The van der Waals surface area contributed by atoms with Crippen molar-refractivity contribution in [2.75, 3.05) is 0 Å². The van der Waals surface area contributed by atoms with E-state index in [-0.39, 0.29) is 0 Å². The third-order valence-corrected chi connectivity index (χ3v) is 2.72. The maximum atomic E-state index is 10.9. The molecule has 17 heavy (non-hydrogen) atoms. The third kappa shape index (κ3) is 2.20. The summed E-state index contributed by atoms with van der Waals surface area (Å²) in [5, 5.41) is 13.3. The quantitative estimate of drug-likeness (QED) is 0.881. The molecular formula is C13H14N2O2. The van der Waals surface area contributed by atoms with Crippen LogP contribution in [-0.2, 0) is 4.79 Å². The molecule has 0 radical (unpaired) electrons. The number of carbonyl (C=O) groups is 1. The zero-order valence-corrected chi connectivity index (χ0v) is 9.79. The van der Waals surface area contributed by atoms with Crippen molar-refractivity contribution in [1.82, 2.24) is 9.78 Å². The smallest absolute Gasteiger partial charge is 0.328 e. The van der Waals surface area contributed by atoms with Gasteiger partial charge in [-0.1, -0.05) is 30.3 Å². The van der Waals surface area contributed by atoms with Crippen LogP contribution in [0.25, 0.3) is 11.3 Å². The second-order valence-corrected chi connectivity index (χ2v) is 4.02. The van der Waals surface area contributed by atoms with Crippen molar-refractivity contribution < 1.29 is 9.90 Å². The number of aromatic nitrogens is 2. The van der Waals surface area contributed by atoms with Crippen molar-refractivity contribution >= 4 is 5.97 Å². The molecule has 4 heteroatoms. The molecular weight excluding hydrogens is 216 g/mol. The summed E-state index contributed by atoms with van der Waals surface area (Å²) in [4.78, 5) is 10.9. The minimum atomic E-state index is -0.882. The Morgan fingerprint density at radius 3 is 2.59 bits per heavy atom. The molecule has 0 spiro atoms. The van der Waals surface area contributed by atoms with Gasteiger partial charge in [0, 0.05) is 11.8 Å². The summed E-state index contributed by atoms with van der Waals surface area (Å²) in [7, 11) is 0. The summed E-state index contributed by atoms with van der Waals surface area (Å²) in [6, 6.07) is 9.10. The van der Waals surface area contributed by atoms with Crippen LogP contribution in [0.15, 0.2) is 36.5 Å². The van der Waals surface area contributed by atoms with E-state index < -0.39 is 12.0 Å². The minimum absolute atomic E-state index is 0.647. The van der Waals surface area contributed by atoms with E-state index in [0.29, 0.717) is 0 Å². The first-order valence-corrected chi connectivity index (χ1v) is 5.43. The van der Waals surface area contributed by atoms with Crippen molar-refractivity contribution in [3.05, 3.63) is 42.1 Å². The lowest BCUT2D eigenvalue weighted by atomic mass is 10.1. The van der Waals surface area contributed by atoms with Crippen molar-refractivity contribution in [3.63, 3.8) is 0 Å². The highest BCUT2D eigenvalue weighted by atomic mass is 16.4. The number of aliphatic carboxylic acids is 1. The molecule has 1 N–H and O–H groups in total. The fraction of sp³-hybridized carbons (Fsp3) is 0.231. The number of nitrogens with zero attached hydrogens (tertiary/aromatic N) is 2. The van der Waals surface area contributed by atoms with Gasteiger partial charge in [0.25, 0.3) is 0 Å². The summed E-state index contributed by atoms with van der Waals surface area (Å²) < 4.78 is 1.49. The third-order valence-electron chi connectivity index (χ3n) is 2.72. The number of carboxylic acids is 1. The van der Waals surface area contributed by atoms with E-state index in [4.69, 9.17) is 5.11 Å². The Balaban J connectivity index is 2.41. The second kappa shape index (κ2) is 4.41. The zero-order valence-electron chi connectivity index (χ0n) is 9.79. The number of benzene rings is 1. The van der Waals surface area contributed by atoms with Crippen LogP contribution in [0.4, 0.5) is 0 Å². The first-order chi connectivity index (χ1) is 8.09. The van der Waals surface area contributed by atoms with Crippen LogP contribution in [0.1, 0.15) is 18.5 Å². The molecule has 0 aliphatic rings. The predicted octanol–water partition coefficient (Wildman–Crippen LogP) is 2.50. The van der Waals surface area contributed by atoms with Gasteiger partial charge in [0.1, 0.15) is 6.04 Å². The summed E-state index contributed by atoms with van der Waals surface area (Å²) in [6.07, 6.45) is 1.76. The molecule has 4 nitrogen and oxygen atoms in total. The number of rotatable bonds is 3. The Labute approximate surface area is 99.5 Å². The molecule has 1 atom stereocenters. The number of aryl methyl sites for hydroxylation is 1. The molecule has 0 saturated heterocycles. The molecule has 2 rings (SSSR count). The van der Waals surface area contributed by atoms with Crippen LogP contribution in [0, 0.1) is 6.92 Å². The van der Waals surface area contributed by atoms with Gasteiger partial charge in [0.05, 0.1) is 5.69 Å². The maximum Gasteiger partial charge on any atom is 0.328 e. The first kappa shape index (κ1) is 11.4. The minimum Gasteiger partial charge on any atom is -0.480 e. The van der Waals surface area contributed by atoms with Crippen LogP contribution in [0.2, 0.25) is 0 Å². The van der Waals surface area contributed by atoms with E-state index in [9.17, 15) is 4.79 Å². The zero-order chi connectivity index (χ0) is 12.4. The Morgan fingerprint density at radius 2 is 2.00 bits per heavy atom. The van der Waals surface area contributed by atoms with E-state index in [1.807, 2.05) is 37.3 Å². The Hall–Kier alpha value is -2.10. The lowest BCUT2D eigenvalue weighted by Gasteiger charge is -2.05. The molecule has 0 aliphatic carbocycles. The monoisotopic (exact) mass is 230 g/mol. The Morgan fingerprint density at radius 1 is 1.35 bits per heavy atom. The van der Waals surface area contributed by atoms with Crippen LogP contribution < -0.4 is 0 Å². The average molecular weight is 230 g/mol. The molecule has 0 fully saturated rings. The fourth-order valence-electron chi connectivity index (χ4n) is 1.68. The van der Waals surface area contributed by atoms with Gasteiger partial charge in [-0.25, -0.2) is 4.79 Å². The summed E-state index contributed by atoms with van der Waals surface area (Å²) in [5.41, 5.74) is 2.81. The van der Waals surface area contributed by atoms with Crippen LogP contribution >= 0.6 is 0 Å². The number of hydrogen-bond donors (Lipinski definition) is 1. The van der Waals surface area contributed by atoms with Crippen LogP contribution in [0.3, 0.4) is 0 Å². The van der Waals surface area contributed by atoms with E-state index in [1.165, 1.54) is 4.68 Å². The molecule has 1 aromatic carbocycles.